The minimum absolute atomic E-state index is 0.189. The van der Waals surface area contributed by atoms with Gasteiger partial charge in [-0.15, -0.1) is 0 Å². The molecule has 0 spiro atoms. The van der Waals surface area contributed by atoms with Crippen LogP contribution in [0.25, 0.3) is 0 Å². The number of rotatable bonds is 4. The number of aliphatic hydroxyl groups is 1. The Hall–Kier alpha value is -1.59. The van der Waals surface area contributed by atoms with Gasteiger partial charge in [0.15, 0.2) is 0 Å². The Labute approximate surface area is 128 Å². The van der Waals surface area contributed by atoms with Crippen LogP contribution in [-0.4, -0.2) is 29.1 Å². The van der Waals surface area contributed by atoms with Gasteiger partial charge >= 0.3 is 0 Å². The van der Waals surface area contributed by atoms with Crippen LogP contribution >= 0.6 is 11.6 Å². The average molecular weight is 311 g/mol. The Balaban J connectivity index is 1.86. The van der Waals surface area contributed by atoms with Gasteiger partial charge in [-0.1, -0.05) is 17.7 Å². The van der Waals surface area contributed by atoms with Gasteiger partial charge in [-0.2, -0.15) is 0 Å². The molecule has 1 aliphatic carbocycles. The fourth-order valence-corrected chi connectivity index (χ4v) is 2.71. The number of benzene rings is 1. The Bertz CT molecular complexity index is 554. The molecule has 5 nitrogen and oxygen atoms in total. The largest absolute Gasteiger partial charge is 0.380 e. The number of aryl methyl sites for hydroxylation is 1. The third kappa shape index (κ3) is 3.95. The second-order valence-corrected chi connectivity index (χ2v) is 5.86. The van der Waals surface area contributed by atoms with Crippen molar-refractivity contribution in [1.82, 2.24) is 5.32 Å². The number of carbonyl (C=O) groups is 2. The normalized spacial score (nSPS) is 16.5. The summed E-state index contributed by atoms with van der Waals surface area (Å²) in [6.45, 7) is 1.71. The summed E-state index contributed by atoms with van der Waals surface area (Å²) in [6, 6.07) is 5.29. The maximum Gasteiger partial charge on any atom is 0.252 e. The van der Waals surface area contributed by atoms with Gasteiger partial charge in [0.2, 0.25) is 5.91 Å². The topological polar surface area (TPSA) is 78.4 Å². The predicted molar refractivity (Wildman–Crippen MR) is 81.2 cm³/mol. The molecule has 3 N–H and O–H groups in total. The zero-order valence-corrected chi connectivity index (χ0v) is 12.7. The summed E-state index contributed by atoms with van der Waals surface area (Å²) >= 11 is 6.02. The molecule has 1 saturated carbocycles. The Kier molecular flexibility index (Phi) is 4.85. The summed E-state index contributed by atoms with van der Waals surface area (Å²) in [5, 5.41) is 15.6. The molecule has 0 unspecified atom stereocenters. The summed E-state index contributed by atoms with van der Waals surface area (Å²) < 4.78 is 0. The van der Waals surface area contributed by atoms with Crippen molar-refractivity contribution in [2.45, 2.75) is 38.2 Å². The van der Waals surface area contributed by atoms with Gasteiger partial charge in [0.05, 0.1) is 17.3 Å². The van der Waals surface area contributed by atoms with E-state index in [9.17, 15) is 14.7 Å². The first-order chi connectivity index (χ1) is 9.90. The highest BCUT2D eigenvalue weighted by atomic mass is 35.5. The standard InChI is InChI=1S/C15H19ClN2O3/c1-10-4-5-12(11(16)8-10)18-13(19)9-17-14(20)15(21)6-2-3-7-15/h4-5,8,21H,2-3,6-7,9H2,1H3,(H,17,20)(H,18,19). The second kappa shape index (κ2) is 6.45. The SMILES string of the molecule is Cc1ccc(NC(=O)CNC(=O)C2(O)CCCC2)c(Cl)c1. The second-order valence-electron chi connectivity index (χ2n) is 5.45. The molecule has 1 aromatic carbocycles. The predicted octanol–water partition coefficient (Wildman–Crippen LogP) is 2.01. The van der Waals surface area contributed by atoms with E-state index in [-0.39, 0.29) is 12.5 Å². The smallest absolute Gasteiger partial charge is 0.252 e. The molecule has 21 heavy (non-hydrogen) atoms. The van der Waals surface area contributed by atoms with Crippen LogP contribution in [0, 0.1) is 6.92 Å². The van der Waals surface area contributed by atoms with Gasteiger partial charge in [-0.05, 0) is 50.3 Å². The van der Waals surface area contributed by atoms with Crippen molar-refractivity contribution in [3.8, 4) is 0 Å². The molecule has 114 valence electrons. The van der Waals surface area contributed by atoms with E-state index in [4.69, 9.17) is 11.6 Å². The molecule has 2 amide bonds. The quantitative estimate of drug-likeness (QED) is 0.796. The van der Waals surface area contributed by atoms with Gasteiger partial charge in [-0.3, -0.25) is 9.59 Å². The molecule has 1 aliphatic rings. The van der Waals surface area contributed by atoms with Crippen LogP contribution < -0.4 is 10.6 Å². The van der Waals surface area contributed by atoms with Crippen molar-refractivity contribution in [3.05, 3.63) is 28.8 Å². The van der Waals surface area contributed by atoms with Crippen molar-refractivity contribution in [2.75, 3.05) is 11.9 Å². The lowest BCUT2D eigenvalue weighted by Gasteiger charge is -2.20. The van der Waals surface area contributed by atoms with E-state index in [1.54, 1.807) is 12.1 Å². The van der Waals surface area contributed by atoms with E-state index < -0.39 is 11.5 Å². The van der Waals surface area contributed by atoms with E-state index in [1.807, 2.05) is 13.0 Å². The summed E-state index contributed by atoms with van der Waals surface area (Å²) in [5.74, 6) is -0.860. The number of halogens is 1. The van der Waals surface area contributed by atoms with Crippen molar-refractivity contribution in [2.24, 2.45) is 0 Å². The molecule has 1 fully saturated rings. The third-order valence-corrected chi connectivity index (χ3v) is 3.97. The van der Waals surface area contributed by atoms with Crippen LogP contribution in [0.4, 0.5) is 5.69 Å². The molecule has 0 saturated heterocycles. The Morgan fingerprint density at radius 1 is 1.33 bits per heavy atom. The zero-order valence-electron chi connectivity index (χ0n) is 11.9. The first kappa shape index (κ1) is 15.8. The van der Waals surface area contributed by atoms with Crippen LogP contribution in [0.1, 0.15) is 31.2 Å². The van der Waals surface area contributed by atoms with E-state index in [2.05, 4.69) is 10.6 Å². The minimum atomic E-state index is -1.32. The monoisotopic (exact) mass is 310 g/mol. The molecule has 1 aromatic rings. The van der Waals surface area contributed by atoms with Crippen LogP contribution in [-0.2, 0) is 9.59 Å². The highest BCUT2D eigenvalue weighted by molar-refractivity contribution is 6.33. The van der Waals surface area contributed by atoms with E-state index in [0.29, 0.717) is 23.6 Å². The van der Waals surface area contributed by atoms with E-state index in [0.717, 1.165) is 18.4 Å². The first-order valence-corrected chi connectivity index (χ1v) is 7.35. The number of carbonyl (C=O) groups excluding carboxylic acids is 2. The Morgan fingerprint density at radius 2 is 2.00 bits per heavy atom. The van der Waals surface area contributed by atoms with Crippen LogP contribution in [0.3, 0.4) is 0 Å². The lowest BCUT2D eigenvalue weighted by molar-refractivity contribution is -0.140. The summed E-state index contributed by atoms with van der Waals surface area (Å²) in [6.07, 6.45) is 2.55. The number of anilines is 1. The molecule has 2 rings (SSSR count). The fraction of sp³-hybridized carbons (Fsp3) is 0.467. The summed E-state index contributed by atoms with van der Waals surface area (Å²) in [5.41, 5.74) is 0.178. The minimum Gasteiger partial charge on any atom is -0.380 e. The third-order valence-electron chi connectivity index (χ3n) is 3.66. The maximum absolute atomic E-state index is 11.9. The molecule has 0 bridgehead atoms. The zero-order chi connectivity index (χ0) is 15.5. The van der Waals surface area contributed by atoms with Gasteiger partial charge in [0.25, 0.3) is 5.91 Å². The van der Waals surface area contributed by atoms with Crippen molar-refractivity contribution in [3.63, 3.8) is 0 Å². The first-order valence-electron chi connectivity index (χ1n) is 6.97. The average Bonchev–Trinajstić information content (AvgIpc) is 2.87. The Morgan fingerprint density at radius 3 is 2.62 bits per heavy atom. The summed E-state index contributed by atoms with van der Waals surface area (Å²) in [7, 11) is 0. The summed E-state index contributed by atoms with van der Waals surface area (Å²) in [4.78, 5) is 23.7. The number of hydrogen-bond donors (Lipinski definition) is 3. The van der Waals surface area contributed by atoms with Crippen LogP contribution in [0.15, 0.2) is 18.2 Å². The lowest BCUT2D eigenvalue weighted by atomic mass is 10.0. The lowest BCUT2D eigenvalue weighted by Crippen LogP contribution is -2.47. The molecule has 0 heterocycles. The van der Waals surface area contributed by atoms with Crippen LogP contribution in [0.5, 0.6) is 0 Å². The highest BCUT2D eigenvalue weighted by Gasteiger charge is 2.38. The van der Waals surface area contributed by atoms with Crippen molar-refractivity contribution in [1.29, 1.82) is 0 Å². The molecule has 0 aromatic heterocycles. The molecular weight excluding hydrogens is 292 g/mol. The van der Waals surface area contributed by atoms with Crippen LogP contribution in [0.2, 0.25) is 5.02 Å². The molecular formula is C15H19ClN2O3. The van der Waals surface area contributed by atoms with Crippen molar-refractivity contribution < 1.29 is 14.7 Å². The number of hydrogen-bond acceptors (Lipinski definition) is 3. The molecule has 0 radical (unpaired) electrons. The van der Waals surface area contributed by atoms with Gasteiger partial charge in [0, 0.05) is 0 Å². The molecule has 6 heteroatoms. The molecule has 0 atom stereocenters. The van der Waals surface area contributed by atoms with E-state index >= 15 is 0 Å². The highest BCUT2D eigenvalue weighted by Crippen LogP contribution is 2.29. The van der Waals surface area contributed by atoms with Gasteiger partial charge in [-0.25, -0.2) is 0 Å². The van der Waals surface area contributed by atoms with Gasteiger partial charge in [0.1, 0.15) is 5.60 Å². The number of amides is 2. The van der Waals surface area contributed by atoms with Gasteiger partial charge < -0.3 is 15.7 Å². The maximum atomic E-state index is 11.9. The number of nitrogens with one attached hydrogen (secondary N) is 2. The van der Waals surface area contributed by atoms with Crippen molar-refractivity contribution >= 4 is 29.1 Å². The fourth-order valence-electron chi connectivity index (χ4n) is 2.43. The molecule has 0 aliphatic heterocycles. The van der Waals surface area contributed by atoms with E-state index in [1.165, 1.54) is 0 Å².